The standard InChI is InChI=1S/C22H25N3O6/c1-22(2,3)31-21(30)25-9-8-15-13(6-5-7-17(15)25)11-24-12-14(20(28)29)10-16(19(24)27)18(26)23-4/h5-7,10,12H,8-9,11H2,1-4H3,(H,23,26)(H,28,29). The summed E-state index contributed by atoms with van der Waals surface area (Å²) in [7, 11) is 1.37. The number of anilines is 1. The van der Waals surface area contributed by atoms with E-state index in [1.54, 1.807) is 31.7 Å². The number of aromatic nitrogens is 1. The molecule has 3 rings (SSSR count). The molecule has 9 heteroatoms. The third-order valence-corrected chi connectivity index (χ3v) is 4.88. The van der Waals surface area contributed by atoms with Gasteiger partial charge in [0.15, 0.2) is 0 Å². The Bertz CT molecular complexity index is 1110. The maximum atomic E-state index is 12.8. The van der Waals surface area contributed by atoms with Crippen molar-refractivity contribution in [3.05, 3.63) is 63.1 Å². The summed E-state index contributed by atoms with van der Waals surface area (Å²) in [6.45, 7) is 5.89. The van der Waals surface area contributed by atoms with E-state index in [1.807, 2.05) is 12.1 Å². The van der Waals surface area contributed by atoms with Crippen LogP contribution in [0.1, 0.15) is 52.6 Å². The zero-order valence-electron chi connectivity index (χ0n) is 17.9. The van der Waals surface area contributed by atoms with E-state index < -0.39 is 29.1 Å². The number of aromatic carboxylic acids is 1. The summed E-state index contributed by atoms with van der Waals surface area (Å²) in [6.07, 6.45) is 1.34. The quantitative estimate of drug-likeness (QED) is 0.773. The summed E-state index contributed by atoms with van der Waals surface area (Å²) in [5.41, 5.74) is 0.702. The van der Waals surface area contributed by atoms with Gasteiger partial charge in [-0.15, -0.1) is 0 Å². The van der Waals surface area contributed by atoms with E-state index in [4.69, 9.17) is 4.74 Å². The zero-order chi connectivity index (χ0) is 22.9. The summed E-state index contributed by atoms with van der Waals surface area (Å²) < 4.78 is 6.68. The van der Waals surface area contributed by atoms with Crippen molar-refractivity contribution in [2.24, 2.45) is 0 Å². The average Bonchev–Trinajstić information content (AvgIpc) is 3.12. The van der Waals surface area contributed by atoms with Crippen molar-refractivity contribution in [3.8, 4) is 0 Å². The molecule has 0 fully saturated rings. The van der Waals surface area contributed by atoms with Crippen LogP contribution in [0.3, 0.4) is 0 Å². The fraction of sp³-hybridized carbons (Fsp3) is 0.364. The molecule has 9 nitrogen and oxygen atoms in total. The third kappa shape index (κ3) is 4.60. The highest BCUT2D eigenvalue weighted by atomic mass is 16.6. The molecular weight excluding hydrogens is 402 g/mol. The molecule has 1 aliphatic heterocycles. The third-order valence-electron chi connectivity index (χ3n) is 4.88. The minimum Gasteiger partial charge on any atom is -0.478 e. The SMILES string of the molecule is CNC(=O)c1cc(C(=O)O)cn(Cc2cccc3c2CCN3C(=O)OC(C)(C)C)c1=O. The number of rotatable bonds is 4. The molecule has 2 aromatic rings. The van der Waals surface area contributed by atoms with Gasteiger partial charge < -0.3 is 19.7 Å². The largest absolute Gasteiger partial charge is 0.478 e. The fourth-order valence-corrected chi connectivity index (χ4v) is 3.51. The molecule has 2 amide bonds. The van der Waals surface area contributed by atoms with Crippen LogP contribution in [-0.4, -0.2) is 46.8 Å². The second-order valence-corrected chi connectivity index (χ2v) is 8.26. The van der Waals surface area contributed by atoms with E-state index >= 15 is 0 Å². The molecule has 0 bridgehead atoms. The van der Waals surface area contributed by atoms with Gasteiger partial charge in [0.1, 0.15) is 11.2 Å². The lowest BCUT2D eigenvalue weighted by molar-refractivity contribution is 0.0582. The topological polar surface area (TPSA) is 118 Å². The number of hydrogen-bond donors (Lipinski definition) is 2. The van der Waals surface area contributed by atoms with Crippen LogP contribution in [0.5, 0.6) is 0 Å². The fourth-order valence-electron chi connectivity index (χ4n) is 3.51. The predicted octanol–water partition coefficient (Wildman–Crippen LogP) is 2.25. The van der Waals surface area contributed by atoms with Gasteiger partial charge in [0.25, 0.3) is 11.5 Å². The molecule has 164 valence electrons. The first-order chi connectivity index (χ1) is 14.5. The first-order valence-corrected chi connectivity index (χ1v) is 9.83. The Kier molecular flexibility index (Phi) is 5.88. The van der Waals surface area contributed by atoms with E-state index in [1.165, 1.54) is 17.8 Å². The molecule has 0 atom stereocenters. The van der Waals surface area contributed by atoms with Gasteiger partial charge in [-0.05, 0) is 50.5 Å². The Balaban J connectivity index is 2.00. The van der Waals surface area contributed by atoms with Crippen molar-refractivity contribution in [1.29, 1.82) is 0 Å². The number of ether oxygens (including phenoxy) is 1. The van der Waals surface area contributed by atoms with Crippen LogP contribution in [0.15, 0.2) is 35.3 Å². The first-order valence-electron chi connectivity index (χ1n) is 9.83. The van der Waals surface area contributed by atoms with E-state index in [2.05, 4.69) is 5.32 Å². The lowest BCUT2D eigenvalue weighted by atomic mass is 10.0. The van der Waals surface area contributed by atoms with E-state index in [9.17, 15) is 24.3 Å². The van der Waals surface area contributed by atoms with Gasteiger partial charge in [0, 0.05) is 19.8 Å². The molecule has 0 spiro atoms. The maximum absolute atomic E-state index is 12.8. The van der Waals surface area contributed by atoms with Gasteiger partial charge in [-0.1, -0.05) is 12.1 Å². The molecule has 2 N–H and O–H groups in total. The van der Waals surface area contributed by atoms with Gasteiger partial charge in [0.05, 0.1) is 17.8 Å². The van der Waals surface area contributed by atoms with Crippen LogP contribution in [0, 0.1) is 0 Å². The van der Waals surface area contributed by atoms with Crippen molar-refractivity contribution in [1.82, 2.24) is 9.88 Å². The van der Waals surface area contributed by atoms with Crippen LogP contribution >= 0.6 is 0 Å². The van der Waals surface area contributed by atoms with Crippen LogP contribution in [0.4, 0.5) is 10.5 Å². The molecular formula is C22H25N3O6. The Hall–Kier alpha value is -3.62. The number of hydrogen-bond acceptors (Lipinski definition) is 5. The Morgan fingerprint density at radius 2 is 1.94 bits per heavy atom. The van der Waals surface area contributed by atoms with Crippen LogP contribution in [0.25, 0.3) is 0 Å². The highest BCUT2D eigenvalue weighted by Gasteiger charge is 2.30. The molecule has 1 aliphatic rings. The summed E-state index contributed by atoms with van der Waals surface area (Å²) in [5.74, 6) is -1.90. The number of carboxylic acid groups (broad SMARTS) is 1. The first kappa shape index (κ1) is 22.1. The van der Waals surface area contributed by atoms with Crippen molar-refractivity contribution in [2.45, 2.75) is 39.3 Å². The average molecular weight is 427 g/mol. The monoisotopic (exact) mass is 427 g/mol. The number of fused-ring (bicyclic) bond motifs is 1. The summed E-state index contributed by atoms with van der Waals surface area (Å²) >= 11 is 0. The maximum Gasteiger partial charge on any atom is 0.414 e. The van der Waals surface area contributed by atoms with Gasteiger partial charge in [-0.25, -0.2) is 9.59 Å². The van der Waals surface area contributed by atoms with Crippen molar-refractivity contribution >= 4 is 23.7 Å². The van der Waals surface area contributed by atoms with Crippen molar-refractivity contribution in [3.63, 3.8) is 0 Å². The molecule has 2 heterocycles. The normalized spacial score (nSPS) is 13.0. The number of amides is 2. The molecule has 0 unspecified atom stereocenters. The van der Waals surface area contributed by atoms with Crippen LogP contribution in [-0.2, 0) is 17.7 Å². The Morgan fingerprint density at radius 3 is 2.55 bits per heavy atom. The Labute approximate surface area is 179 Å². The molecule has 1 aromatic carbocycles. The highest BCUT2D eigenvalue weighted by molar-refractivity contribution is 5.96. The smallest absolute Gasteiger partial charge is 0.414 e. The molecule has 1 aromatic heterocycles. The number of carbonyl (C=O) groups excluding carboxylic acids is 2. The summed E-state index contributed by atoms with van der Waals surface area (Å²) in [5, 5.41) is 11.7. The summed E-state index contributed by atoms with van der Waals surface area (Å²) in [4.78, 5) is 50.5. The minimum atomic E-state index is -1.24. The number of carbonyl (C=O) groups is 3. The van der Waals surface area contributed by atoms with Gasteiger partial charge in [-0.3, -0.25) is 14.5 Å². The molecule has 0 radical (unpaired) electrons. The van der Waals surface area contributed by atoms with Gasteiger partial charge in [-0.2, -0.15) is 0 Å². The number of nitrogens with one attached hydrogen (secondary N) is 1. The van der Waals surface area contributed by atoms with Gasteiger partial charge in [0.2, 0.25) is 0 Å². The van der Waals surface area contributed by atoms with Crippen LogP contribution in [0.2, 0.25) is 0 Å². The van der Waals surface area contributed by atoms with Gasteiger partial charge >= 0.3 is 12.1 Å². The van der Waals surface area contributed by atoms with E-state index in [0.29, 0.717) is 18.7 Å². The molecule has 0 saturated heterocycles. The lowest BCUT2D eigenvalue weighted by Crippen LogP contribution is -2.35. The van der Waals surface area contributed by atoms with Crippen molar-refractivity contribution in [2.75, 3.05) is 18.5 Å². The minimum absolute atomic E-state index is 0.0648. The highest BCUT2D eigenvalue weighted by Crippen LogP contribution is 2.32. The molecule has 31 heavy (non-hydrogen) atoms. The lowest BCUT2D eigenvalue weighted by Gasteiger charge is -2.25. The Morgan fingerprint density at radius 1 is 1.23 bits per heavy atom. The molecule has 0 aliphatic carbocycles. The number of nitrogens with zero attached hydrogens (tertiary/aromatic N) is 2. The summed E-state index contributed by atoms with van der Waals surface area (Å²) in [6, 6.07) is 6.46. The van der Waals surface area contributed by atoms with Crippen LogP contribution < -0.4 is 15.8 Å². The zero-order valence-corrected chi connectivity index (χ0v) is 17.9. The predicted molar refractivity (Wildman–Crippen MR) is 114 cm³/mol. The van der Waals surface area contributed by atoms with E-state index in [-0.39, 0.29) is 17.7 Å². The second-order valence-electron chi connectivity index (χ2n) is 8.26. The van der Waals surface area contributed by atoms with Crippen molar-refractivity contribution < 1.29 is 24.2 Å². The number of carboxylic acids is 1. The molecule has 0 saturated carbocycles. The number of pyridine rings is 1. The van der Waals surface area contributed by atoms with E-state index in [0.717, 1.165) is 17.2 Å². The second kappa shape index (κ2) is 8.25. The number of benzene rings is 1.